The Morgan fingerprint density at radius 3 is 1.43 bits per heavy atom. The monoisotopic (exact) mass is 440 g/mol. The van der Waals surface area contributed by atoms with Crippen molar-refractivity contribution in [3.05, 3.63) is 5.08 Å². The number of rotatable bonds is 2. The molecule has 0 spiro atoms. The van der Waals surface area contributed by atoms with Crippen LogP contribution in [0.1, 0.15) is 0 Å². The Bertz CT molecular complexity index is 614. The summed E-state index contributed by atoms with van der Waals surface area (Å²) in [6.45, 7) is -5.24. The van der Waals surface area contributed by atoms with Crippen LogP contribution in [0.4, 0.5) is 0 Å². The van der Waals surface area contributed by atoms with Gasteiger partial charge in [-0.1, -0.05) is 0 Å². The zero-order valence-corrected chi connectivity index (χ0v) is 18.3. The first-order valence-electron chi connectivity index (χ1n) is 6.76. The first kappa shape index (κ1) is 20.1. The molecule has 0 N–H and O–H groups in total. The maximum atomic E-state index is 8.95. The molecular weight excluding hydrogens is 421 g/mol. The van der Waals surface area contributed by atoms with E-state index in [1.807, 2.05) is 46.9 Å². The SMILES string of the molecule is CN1CCN(C)P1(Cl)=NP(Cl)(=N[N+]#N)N=P1(Cl)N(C)CCN1C. The Balaban J connectivity index is 2.64. The van der Waals surface area contributed by atoms with E-state index in [1.165, 1.54) is 0 Å². The van der Waals surface area contributed by atoms with Crippen molar-refractivity contribution < 1.29 is 0 Å². The van der Waals surface area contributed by atoms with Crippen molar-refractivity contribution in [3.63, 3.8) is 0 Å². The molecule has 2 aliphatic heterocycles. The summed E-state index contributed by atoms with van der Waals surface area (Å²) in [4.78, 5) is 3.72. The standard InChI is InChI=1S/C8H20Cl3N9P3/c1-17-5-6-18(2)22(17,10)15-21(9,14-13-12)16-23(11)19(3)7-8-20(23)4/h5-8H2,1-4H3/q+1. The third-order valence-electron chi connectivity index (χ3n) is 3.84. The van der Waals surface area contributed by atoms with Gasteiger partial charge in [-0.25, -0.2) is 18.7 Å². The van der Waals surface area contributed by atoms with Crippen LogP contribution >= 0.6 is 53.8 Å². The molecule has 23 heavy (non-hydrogen) atoms. The summed E-state index contributed by atoms with van der Waals surface area (Å²) < 4.78 is 16.9. The van der Waals surface area contributed by atoms with Crippen molar-refractivity contribution in [2.45, 2.75) is 0 Å². The van der Waals surface area contributed by atoms with Crippen molar-refractivity contribution in [1.29, 1.82) is 5.39 Å². The second-order valence-corrected chi connectivity index (χ2v) is 16.8. The fraction of sp³-hybridized carbons (Fsp3) is 1.00. The largest absolute Gasteiger partial charge is 0.371 e. The Kier molecular flexibility index (Phi) is 6.31. The number of nitrogens with zero attached hydrogens (tertiary/aromatic N) is 9. The molecule has 15 heteroatoms. The Morgan fingerprint density at radius 2 is 1.17 bits per heavy atom. The molecule has 0 aromatic carbocycles. The van der Waals surface area contributed by atoms with E-state index in [2.05, 4.69) is 19.0 Å². The summed E-state index contributed by atoms with van der Waals surface area (Å²) in [6.07, 6.45) is 0. The predicted octanol–water partition coefficient (Wildman–Crippen LogP) is 5.06. The molecule has 2 saturated heterocycles. The van der Waals surface area contributed by atoms with E-state index < -0.39 is 20.1 Å². The summed E-state index contributed by atoms with van der Waals surface area (Å²) in [5.74, 6) is 0. The molecular formula is C8H20Cl3N9P3+. The summed E-state index contributed by atoms with van der Waals surface area (Å²) >= 11 is 20.0. The van der Waals surface area contributed by atoms with Crippen LogP contribution < -0.4 is 0 Å². The van der Waals surface area contributed by atoms with Gasteiger partial charge in [0, 0.05) is 26.2 Å². The highest BCUT2D eigenvalue weighted by Gasteiger charge is 2.42. The Morgan fingerprint density at radius 1 is 0.870 bits per heavy atom. The molecule has 132 valence electrons. The number of likely N-dealkylation sites (N-methyl/N-ethyl adjacent to an activating group) is 4. The van der Waals surface area contributed by atoms with E-state index in [-0.39, 0.29) is 0 Å². The Labute approximate surface area is 151 Å². The smallest absolute Gasteiger partial charge is 0.247 e. The Hall–Kier alpha value is 0.820. The maximum Gasteiger partial charge on any atom is 0.371 e. The molecule has 0 bridgehead atoms. The van der Waals surface area contributed by atoms with Crippen molar-refractivity contribution in [2.24, 2.45) is 13.9 Å². The summed E-state index contributed by atoms with van der Waals surface area (Å²) in [5.41, 5.74) is 0. The number of hydrogen-bond acceptors (Lipinski definition) is 2. The summed E-state index contributed by atoms with van der Waals surface area (Å²) in [5, 5.41) is 11.8. The van der Waals surface area contributed by atoms with Crippen LogP contribution in [0.25, 0.3) is 5.08 Å². The van der Waals surface area contributed by atoms with Crippen LogP contribution in [-0.4, -0.2) is 73.1 Å². The van der Waals surface area contributed by atoms with Gasteiger partial charge in [0.05, 0.1) is 0 Å². The van der Waals surface area contributed by atoms with Crippen molar-refractivity contribution >= 4 is 53.8 Å². The molecule has 0 aromatic heterocycles. The van der Waals surface area contributed by atoms with Gasteiger partial charge in [-0.05, 0) is 61.9 Å². The summed E-state index contributed by atoms with van der Waals surface area (Å²) in [7, 11) is 7.52. The minimum atomic E-state index is -3.25. The number of hydrogen-bond donors (Lipinski definition) is 0. The first-order chi connectivity index (χ1) is 10.6. The fourth-order valence-electron chi connectivity index (χ4n) is 2.28. The van der Waals surface area contributed by atoms with E-state index in [0.717, 1.165) is 26.2 Å². The average Bonchev–Trinajstić information content (AvgIpc) is 2.84. The molecule has 9 nitrogen and oxygen atoms in total. The highest BCUT2D eigenvalue weighted by Crippen LogP contribution is 2.78. The average molecular weight is 442 g/mol. The van der Waals surface area contributed by atoms with Crippen molar-refractivity contribution in [1.82, 2.24) is 18.7 Å². The van der Waals surface area contributed by atoms with E-state index in [9.17, 15) is 0 Å². The lowest BCUT2D eigenvalue weighted by atomic mass is 10.6. The third-order valence-corrected chi connectivity index (χ3v) is 17.8. The zero-order valence-electron chi connectivity index (χ0n) is 13.3. The van der Waals surface area contributed by atoms with Crippen LogP contribution in [0.3, 0.4) is 0 Å². The minimum Gasteiger partial charge on any atom is -0.247 e. The van der Waals surface area contributed by atoms with Crippen molar-refractivity contribution in [3.8, 4) is 0 Å². The van der Waals surface area contributed by atoms with Gasteiger partial charge in [-0.2, -0.15) is 9.03 Å². The van der Waals surface area contributed by atoms with E-state index in [1.54, 1.807) is 0 Å². The highest BCUT2D eigenvalue weighted by molar-refractivity contribution is 8.01. The zero-order chi connectivity index (χ0) is 17.5. The molecule has 0 atom stereocenters. The maximum absolute atomic E-state index is 8.95. The molecule has 2 fully saturated rings. The second kappa shape index (κ2) is 7.21. The number of diazo groups is 1. The predicted molar refractivity (Wildman–Crippen MR) is 101 cm³/mol. The molecule has 0 aromatic rings. The minimum absolute atomic E-state index is 0.769. The normalized spacial score (nSPS) is 26.2. The van der Waals surface area contributed by atoms with Gasteiger partial charge in [0.15, 0.2) is 13.4 Å². The van der Waals surface area contributed by atoms with Gasteiger partial charge in [-0.3, -0.25) is 0 Å². The molecule has 0 saturated carbocycles. The van der Waals surface area contributed by atoms with Crippen molar-refractivity contribution in [2.75, 3.05) is 54.4 Å². The van der Waals surface area contributed by atoms with Crippen LogP contribution in [0.15, 0.2) is 13.9 Å². The third kappa shape index (κ3) is 3.83. The lowest BCUT2D eigenvalue weighted by Gasteiger charge is -2.27. The van der Waals surface area contributed by atoms with Gasteiger partial charge < -0.3 is 0 Å². The van der Waals surface area contributed by atoms with Crippen LogP contribution in [0, 0.1) is 5.39 Å². The lowest BCUT2D eigenvalue weighted by molar-refractivity contribution is 0.553. The lowest BCUT2D eigenvalue weighted by Crippen LogP contribution is -2.09. The number of halogens is 3. The molecule has 2 heterocycles. The molecule has 2 aliphatic rings. The summed E-state index contributed by atoms with van der Waals surface area (Å²) in [6, 6.07) is 0. The first-order valence-corrected chi connectivity index (χ1v) is 14.4. The highest BCUT2D eigenvalue weighted by atomic mass is 35.7. The van der Waals surface area contributed by atoms with Gasteiger partial charge >= 0.3 is 11.8 Å². The molecule has 0 amide bonds. The van der Waals surface area contributed by atoms with E-state index >= 15 is 0 Å². The molecule has 0 radical (unpaired) electrons. The van der Waals surface area contributed by atoms with Gasteiger partial charge in [-0.15, -0.1) is 0 Å². The van der Waals surface area contributed by atoms with Gasteiger partial charge in [0.2, 0.25) is 4.85 Å². The topological polar surface area (TPSA) is 78.2 Å². The quantitative estimate of drug-likeness (QED) is 0.340. The molecule has 0 unspecified atom stereocenters. The van der Waals surface area contributed by atoms with Crippen LogP contribution in [-0.2, 0) is 0 Å². The van der Waals surface area contributed by atoms with Crippen LogP contribution in [0.2, 0.25) is 0 Å². The molecule has 0 aliphatic carbocycles. The van der Waals surface area contributed by atoms with Gasteiger partial charge in [0.25, 0.3) is 5.39 Å². The second-order valence-electron chi connectivity index (χ2n) is 5.37. The molecule has 2 rings (SSSR count). The van der Waals surface area contributed by atoms with E-state index in [0.29, 0.717) is 0 Å². The van der Waals surface area contributed by atoms with Gasteiger partial charge in [0.1, 0.15) is 0 Å². The fourth-order valence-corrected chi connectivity index (χ4v) is 15.1. The van der Waals surface area contributed by atoms with E-state index in [4.69, 9.17) is 39.1 Å². The van der Waals surface area contributed by atoms with Crippen LogP contribution in [0.5, 0.6) is 0 Å².